The molecule has 2 heterocycles. The van der Waals surface area contributed by atoms with Crippen LogP contribution in [0.25, 0.3) is 10.2 Å². The predicted octanol–water partition coefficient (Wildman–Crippen LogP) is 3.58. The lowest BCUT2D eigenvalue weighted by atomic mass is 9.97. The highest BCUT2D eigenvalue weighted by atomic mass is 32.1. The Balaban J connectivity index is 1.31. The second kappa shape index (κ2) is 10.1. The number of benzene rings is 1. The molecular formula is C22H21F2N3O5S. The molecule has 174 valence electrons. The van der Waals surface area contributed by atoms with Crippen LogP contribution in [-0.4, -0.2) is 35.1 Å². The van der Waals surface area contributed by atoms with E-state index >= 15 is 0 Å². The number of carbonyl (C=O) groups excluding carboxylic acids is 2. The normalized spacial score (nSPS) is 13.1. The molecular weight excluding hydrogens is 456 g/mol. The molecule has 0 saturated carbocycles. The van der Waals surface area contributed by atoms with Crippen LogP contribution >= 0.6 is 11.3 Å². The third kappa shape index (κ3) is 5.54. The first-order chi connectivity index (χ1) is 15.9. The highest BCUT2D eigenvalue weighted by Crippen LogP contribution is 2.33. The van der Waals surface area contributed by atoms with Gasteiger partial charge in [0, 0.05) is 11.3 Å². The third-order valence-electron chi connectivity index (χ3n) is 5.18. The van der Waals surface area contributed by atoms with Crippen LogP contribution in [0.2, 0.25) is 0 Å². The molecule has 0 spiro atoms. The van der Waals surface area contributed by atoms with Crippen molar-refractivity contribution in [2.75, 3.05) is 11.9 Å². The molecule has 3 aromatic rings. The van der Waals surface area contributed by atoms with Crippen LogP contribution < -0.4 is 15.6 Å². The van der Waals surface area contributed by atoms with Gasteiger partial charge in [0.25, 0.3) is 11.5 Å². The Labute approximate surface area is 190 Å². The maximum absolute atomic E-state index is 12.5. The molecule has 0 radical (unpaired) electrons. The summed E-state index contributed by atoms with van der Waals surface area (Å²) in [5, 5.41) is 3.01. The number of carbonyl (C=O) groups is 2. The molecule has 0 saturated heterocycles. The summed E-state index contributed by atoms with van der Waals surface area (Å²) in [6.07, 6.45) is 4.07. The minimum absolute atomic E-state index is 0.0348. The zero-order chi connectivity index (χ0) is 23.4. The van der Waals surface area contributed by atoms with Crippen LogP contribution in [0.1, 0.15) is 35.5 Å². The number of alkyl halides is 2. The van der Waals surface area contributed by atoms with Crippen molar-refractivity contribution in [2.45, 2.75) is 45.1 Å². The van der Waals surface area contributed by atoms with Crippen molar-refractivity contribution in [2.24, 2.45) is 0 Å². The quantitative estimate of drug-likeness (QED) is 0.480. The fourth-order valence-electron chi connectivity index (χ4n) is 3.72. The molecule has 33 heavy (non-hydrogen) atoms. The van der Waals surface area contributed by atoms with Gasteiger partial charge in [-0.15, -0.1) is 11.3 Å². The summed E-state index contributed by atoms with van der Waals surface area (Å²) in [4.78, 5) is 45.7. The fraction of sp³-hybridized carbons (Fsp3) is 0.364. The van der Waals surface area contributed by atoms with Gasteiger partial charge in [-0.05, 0) is 43.4 Å². The van der Waals surface area contributed by atoms with Gasteiger partial charge in [-0.25, -0.2) is 4.98 Å². The van der Waals surface area contributed by atoms with Gasteiger partial charge in [-0.1, -0.05) is 12.1 Å². The number of hydrogen-bond acceptors (Lipinski definition) is 7. The summed E-state index contributed by atoms with van der Waals surface area (Å²) in [6, 6.07) is 5.68. The van der Waals surface area contributed by atoms with Gasteiger partial charge in [0.05, 0.1) is 17.5 Å². The number of halogens is 2. The van der Waals surface area contributed by atoms with E-state index in [0.717, 1.165) is 31.2 Å². The number of thiophene rings is 1. The monoisotopic (exact) mass is 477 g/mol. The van der Waals surface area contributed by atoms with Gasteiger partial charge in [-0.3, -0.25) is 14.4 Å². The molecule has 2 aromatic heterocycles. The van der Waals surface area contributed by atoms with E-state index in [1.807, 2.05) is 0 Å². The Hall–Kier alpha value is -3.34. The van der Waals surface area contributed by atoms with Crippen molar-refractivity contribution in [3.05, 3.63) is 50.9 Å². The molecule has 1 amide bonds. The number of fused-ring (bicyclic) bond motifs is 3. The SMILES string of the molecule is O=C(COC(=O)CCc1nc2sc3c(c2c(=O)[nH]1)CCCC3)Nc1ccccc1OC(F)F. The summed E-state index contributed by atoms with van der Waals surface area (Å²) < 4.78 is 34.2. The van der Waals surface area contributed by atoms with Crippen LogP contribution in [0.15, 0.2) is 29.1 Å². The second-order valence-electron chi connectivity index (χ2n) is 7.49. The number of esters is 1. The predicted molar refractivity (Wildman–Crippen MR) is 118 cm³/mol. The van der Waals surface area contributed by atoms with Crippen molar-refractivity contribution in [1.29, 1.82) is 0 Å². The standard InChI is InChI=1S/C22H21F2N3O5S/c23-22(24)32-14-7-3-2-6-13(14)25-17(28)11-31-18(29)10-9-16-26-20(30)19-12-5-1-4-8-15(12)33-21(19)27-16/h2-3,6-7,22H,1,4-5,8-11H2,(H,25,28)(H,26,27,30). The molecule has 0 unspecified atom stereocenters. The molecule has 4 rings (SSSR count). The molecule has 1 aromatic carbocycles. The molecule has 1 aliphatic carbocycles. The summed E-state index contributed by atoms with van der Waals surface area (Å²) in [6.45, 7) is -3.64. The Bertz CT molecular complexity index is 1240. The van der Waals surface area contributed by atoms with Gasteiger partial charge in [0.15, 0.2) is 6.61 Å². The number of anilines is 1. The number of H-pyrrole nitrogens is 1. The van der Waals surface area contributed by atoms with Gasteiger partial charge in [0.1, 0.15) is 16.4 Å². The lowest BCUT2D eigenvalue weighted by molar-refractivity contribution is -0.147. The molecule has 2 N–H and O–H groups in total. The summed E-state index contributed by atoms with van der Waals surface area (Å²) in [7, 11) is 0. The number of amides is 1. The van der Waals surface area contributed by atoms with Crippen molar-refractivity contribution in [3.8, 4) is 5.75 Å². The zero-order valence-corrected chi connectivity index (χ0v) is 18.3. The summed E-state index contributed by atoms with van der Waals surface area (Å²) in [5.74, 6) is -1.18. The van der Waals surface area contributed by atoms with E-state index in [-0.39, 0.29) is 29.8 Å². The Morgan fingerprint density at radius 3 is 2.82 bits per heavy atom. The number of aryl methyl sites for hydroxylation is 3. The number of nitrogens with zero attached hydrogens (tertiary/aromatic N) is 1. The smallest absolute Gasteiger partial charge is 0.387 e. The number of aromatic nitrogens is 2. The summed E-state index contributed by atoms with van der Waals surface area (Å²) in [5.41, 5.74) is 0.923. The van der Waals surface area contributed by atoms with Crippen LogP contribution in [0.5, 0.6) is 5.75 Å². The molecule has 8 nitrogen and oxygen atoms in total. The van der Waals surface area contributed by atoms with Crippen LogP contribution in [0, 0.1) is 0 Å². The maximum atomic E-state index is 12.5. The molecule has 0 atom stereocenters. The number of nitrogens with one attached hydrogen (secondary N) is 2. The maximum Gasteiger partial charge on any atom is 0.387 e. The number of rotatable bonds is 8. The van der Waals surface area contributed by atoms with Crippen molar-refractivity contribution in [3.63, 3.8) is 0 Å². The average Bonchev–Trinajstić information content (AvgIpc) is 3.16. The Morgan fingerprint density at radius 1 is 1.21 bits per heavy atom. The van der Waals surface area contributed by atoms with Crippen molar-refractivity contribution >= 4 is 39.1 Å². The Kier molecular flexibility index (Phi) is 6.97. The van der Waals surface area contributed by atoms with Crippen LogP contribution in [0.4, 0.5) is 14.5 Å². The van der Waals surface area contributed by atoms with E-state index in [1.165, 1.54) is 40.5 Å². The van der Waals surface area contributed by atoms with Crippen molar-refractivity contribution in [1.82, 2.24) is 9.97 Å². The summed E-state index contributed by atoms with van der Waals surface area (Å²) >= 11 is 1.52. The minimum atomic E-state index is -3.04. The molecule has 11 heteroatoms. The van der Waals surface area contributed by atoms with Gasteiger partial charge in [-0.2, -0.15) is 8.78 Å². The van der Waals surface area contributed by atoms with Crippen molar-refractivity contribution < 1.29 is 27.8 Å². The fourth-order valence-corrected chi connectivity index (χ4v) is 5.00. The number of aromatic amines is 1. The van der Waals surface area contributed by atoms with E-state index in [9.17, 15) is 23.2 Å². The molecule has 1 aliphatic rings. The highest BCUT2D eigenvalue weighted by molar-refractivity contribution is 7.18. The zero-order valence-electron chi connectivity index (χ0n) is 17.5. The molecule has 0 fully saturated rings. The first-order valence-corrected chi connectivity index (χ1v) is 11.2. The number of para-hydroxylation sites is 2. The first kappa shape index (κ1) is 22.8. The number of ether oxygens (including phenoxy) is 2. The van der Waals surface area contributed by atoms with E-state index < -0.39 is 25.1 Å². The topological polar surface area (TPSA) is 110 Å². The highest BCUT2D eigenvalue weighted by Gasteiger charge is 2.20. The minimum Gasteiger partial charge on any atom is -0.456 e. The second-order valence-corrected chi connectivity index (χ2v) is 8.57. The number of hydrogen-bond donors (Lipinski definition) is 2. The molecule has 0 bridgehead atoms. The van der Waals surface area contributed by atoms with Gasteiger partial charge in [0.2, 0.25) is 0 Å². The van der Waals surface area contributed by atoms with E-state index in [2.05, 4.69) is 20.0 Å². The van der Waals surface area contributed by atoms with E-state index in [1.54, 1.807) is 0 Å². The van der Waals surface area contributed by atoms with Crippen LogP contribution in [0.3, 0.4) is 0 Å². The lowest BCUT2D eigenvalue weighted by Crippen LogP contribution is -2.22. The Morgan fingerprint density at radius 2 is 2.00 bits per heavy atom. The van der Waals surface area contributed by atoms with Crippen LogP contribution in [-0.2, 0) is 33.6 Å². The molecule has 0 aliphatic heterocycles. The van der Waals surface area contributed by atoms with Gasteiger partial charge < -0.3 is 19.8 Å². The third-order valence-corrected chi connectivity index (χ3v) is 6.37. The lowest BCUT2D eigenvalue weighted by Gasteiger charge is -2.11. The van der Waals surface area contributed by atoms with E-state index in [0.29, 0.717) is 16.0 Å². The average molecular weight is 477 g/mol. The largest absolute Gasteiger partial charge is 0.456 e. The van der Waals surface area contributed by atoms with E-state index in [4.69, 9.17) is 4.74 Å². The first-order valence-electron chi connectivity index (χ1n) is 10.4. The van der Waals surface area contributed by atoms with Gasteiger partial charge >= 0.3 is 12.6 Å².